The number of nitrogens with zero attached hydrogens (tertiary/aromatic N) is 1. The summed E-state index contributed by atoms with van der Waals surface area (Å²) in [5.74, 6) is 1.14. The van der Waals surface area contributed by atoms with Gasteiger partial charge in [0.2, 0.25) is 0 Å². The predicted octanol–water partition coefficient (Wildman–Crippen LogP) is 3.41. The van der Waals surface area contributed by atoms with Crippen LogP contribution in [0.15, 0.2) is 29.1 Å². The van der Waals surface area contributed by atoms with Gasteiger partial charge in [-0.3, -0.25) is 4.79 Å². The summed E-state index contributed by atoms with van der Waals surface area (Å²) in [6, 6.07) is 9.21. The quantitative estimate of drug-likeness (QED) is 0.829. The van der Waals surface area contributed by atoms with Crippen molar-refractivity contribution in [2.24, 2.45) is 0 Å². The second-order valence-corrected chi connectivity index (χ2v) is 5.22. The highest BCUT2D eigenvalue weighted by atomic mass is 16.5. The molecule has 2 aromatic rings. The fourth-order valence-corrected chi connectivity index (χ4v) is 2.37. The van der Waals surface area contributed by atoms with Gasteiger partial charge in [0.05, 0.1) is 13.7 Å². The number of para-hydroxylation sites is 1. The second kappa shape index (κ2) is 7.50. The highest BCUT2D eigenvalue weighted by molar-refractivity contribution is 5.78. The Morgan fingerprint density at radius 3 is 2.74 bits per heavy atom. The number of hydrogen-bond donors (Lipinski definition) is 1. The Bertz CT molecular complexity index is 788. The highest BCUT2D eigenvalue weighted by Gasteiger charge is 2.17. The van der Waals surface area contributed by atoms with Crippen LogP contribution in [0.3, 0.4) is 0 Å². The van der Waals surface area contributed by atoms with E-state index < -0.39 is 5.56 Å². The van der Waals surface area contributed by atoms with Gasteiger partial charge in [0.1, 0.15) is 11.6 Å². The number of pyridine rings is 1. The zero-order valence-corrected chi connectivity index (χ0v) is 13.6. The van der Waals surface area contributed by atoms with E-state index in [2.05, 4.69) is 11.9 Å². The molecule has 0 bridgehead atoms. The zero-order valence-electron chi connectivity index (χ0n) is 13.6. The lowest BCUT2D eigenvalue weighted by Gasteiger charge is -2.16. The van der Waals surface area contributed by atoms with Crippen molar-refractivity contribution in [3.8, 4) is 28.7 Å². The van der Waals surface area contributed by atoms with Gasteiger partial charge in [-0.25, -0.2) is 0 Å². The van der Waals surface area contributed by atoms with Crippen LogP contribution in [-0.4, -0.2) is 18.7 Å². The van der Waals surface area contributed by atoms with E-state index in [0.29, 0.717) is 34.9 Å². The molecule has 0 radical (unpaired) electrons. The number of aromatic nitrogens is 1. The molecule has 1 aromatic carbocycles. The first-order valence-electron chi connectivity index (χ1n) is 7.56. The van der Waals surface area contributed by atoms with Crippen LogP contribution < -0.4 is 15.0 Å². The van der Waals surface area contributed by atoms with Crippen molar-refractivity contribution in [1.29, 1.82) is 5.26 Å². The van der Waals surface area contributed by atoms with Gasteiger partial charge in [-0.05, 0) is 25.5 Å². The third kappa shape index (κ3) is 3.54. The summed E-state index contributed by atoms with van der Waals surface area (Å²) in [7, 11) is 1.57. The number of unbranched alkanes of at least 4 members (excludes halogenated alkanes) is 1. The summed E-state index contributed by atoms with van der Waals surface area (Å²) in [5, 5.41) is 9.34. The maximum Gasteiger partial charge on any atom is 0.266 e. The minimum Gasteiger partial charge on any atom is -0.493 e. The second-order valence-electron chi connectivity index (χ2n) is 5.22. The first kappa shape index (κ1) is 16.6. The Kier molecular flexibility index (Phi) is 5.42. The first-order chi connectivity index (χ1) is 11.1. The van der Waals surface area contributed by atoms with E-state index in [9.17, 15) is 10.1 Å². The van der Waals surface area contributed by atoms with Crippen LogP contribution >= 0.6 is 0 Å². The van der Waals surface area contributed by atoms with E-state index in [-0.39, 0.29) is 5.56 Å². The van der Waals surface area contributed by atoms with E-state index in [0.717, 1.165) is 12.8 Å². The SMILES string of the molecule is CCCCOc1c(OC)cccc1-c1cc(C)[nH]c(=O)c1C#N. The van der Waals surface area contributed by atoms with Crippen molar-refractivity contribution in [3.63, 3.8) is 0 Å². The topological polar surface area (TPSA) is 75.1 Å². The Balaban J connectivity index is 2.64. The van der Waals surface area contributed by atoms with Crippen LogP contribution in [0.2, 0.25) is 0 Å². The zero-order chi connectivity index (χ0) is 16.8. The van der Waals surface area contributed by atoms with Crippen molar-refractivity contribution >= 4 is 0 Å². The number of ether oxygens (including phenoxy) is 2. The minimum absolute atomic E-state index is 0.0733. The summed E-state index contributed by atoms with van der Waals surface area (Å²) in [6.07, 6.45) is 1.93. The molecule has 0 aliphatic heterocycles. The normalized spacial score (nSPS) is 10.2. The fraction of sp³-hybridized carbons (Fsp3) is 0.333. The number of benzene rings is 1. The van der Waals surface area contributed by atoms with Gasteiger partial charge in [-0.15, -0.1) is 0 Å². The van der Waals surface area contributed by atoms with Crippen LogP contribution in [0.1, 0.15) is 31.0 Å². The highest BCUT2D eigenvalue weighted by Crippen LogP contribution is 2.39. The van der Waals surface area contributed by atoms with Gasteiger partial charge < -0.3 is 14.5 Å². The molecule has 5 nitrogen and oxygen atoms in total. The molecule has 0 aliphatic carbocycles. The number of aryl methyl sites for hydroxylation is 1. The predicted molar refractivity (Wildman–Crippen MR) is 88.9 cm³/mol. The molecule has 0 atom stereocenters. The van der Waals surface area contributed by atoms with E-state index in [4.69, 9.17) is 9.47 Å². The first-order valence-corrected chi connectivity index (χ1v) is 7.56. The summed E-state index contributed by atoms with van der Waals surface area (Å²) < 4.78 is 11.3. The van der Waals surface area contributed by atoms with Crippen molar-refractivity contribution < 1.29 is 9.47 Å². The van der Waals surface area contributed by atoms with E-state index in [1.807, 2.05) is 18.2 Å². The standard InChI is InChI=1S/C18H20N2O3/c1-4-5-9-23-17-13(7-6-8-16(17)22-3)14-10-12(2)20-18(21)15(14)11-19/h6-8,10H,4-5,9H2,1-3H3,(H,20,21). The molecule has 1 N–H and O–H groups in total. The van der Waals surface area contributed by atoms with Gasteiger partial charge in [0, 0.05) is 16.8 Å². The molecule has 0 unspecified atom stereocenters. The third-order valence-corrected chi connectivity index (χ3v) is 3.51. The van der Waals surface area contributed by atoms with E-state index in [1.165, 1.54) is 0 Å². The van der Waals surface area contributed by atoms with Crippen LogP contribution in [0.5, 0.6) is 11.5 Å². The fourth-order valence-electron chi connectivity index (χ4n) is 2.37. The molecule has 1 heterocycles. The van der Waals surface area contributed by atoms with Crippen molar-refractivity contribution in [1.82, 2.24) is 4.98 Å². The molecule has 23 heavy (non-hydrogen) atoms. The van der Waals surface area contributed by atoms with Crippen molar-refractivity contribution in [2.75, 3.05) is 13.7 Å². The minimum atomic E-state index is -0.398. The molecule has 0 fully saturated rings. The van der Waals surface area contributed by atoms with Crippen LogP contribution in [-0.2, 0) is 0 Å². The Morgan fingerprint density at radius 2 is 2.09 bits per heavy atom. The molecule has 0 saturated heterocycles. The number of nitriles is 1. The molecule has 0 saturated carbocycles. The Morgan fingerprint density at radius 1 is 1.30 bits per heavy atom. The summed E-state index contributed by atoms with van der Waals surface area (Å²) in [5.41, 5.74) is 1.60. The molecule has 0 spiro atoms. The van der Waals surface area contributed by atoms with Gasteiger partial charge in [0.25, 0.3) is 5.56 Å². The number of nitrogens with one attached hydrogen (secondary N) is 1. The van der Waals surface area contributed by atoms with Gasteiger partial charge >= 0.3 is 0 Å². The number of aromatic amines is 1. The molecule has 120 valence electrons. The van der Waals surface area contributed by atoms with Gasteiger partial charge in [0.15, 0.2) is 11.5 Å². The molecule has 0 aliphatic rings. The lowest BCUT2D eigenvalue weighted by atomic mass is 9.99. The number of hydrogen-bond acceptors (Lipinski definition) is 4. The lowest BCUT2D eigenvalue weighted by Crippen LogP contribution is -2.13. The van der Waals surface area contributed by atoms with Crippen LogP contribution in [0, 0.1) is 18.3 Å². The summed E-state index contributed by atoms with van der Waals surface area (Å²) in [6.45, 7) is 4.41. The lowest BCUT2D eigenvalue weighted by molar-refractivity contribution is 0.289. The average molecular weight is 312 g/mol. The Hall–Kier alpha value is -2.74. The number of H-pyrrole nitrogens is 1. The third-order valence-electron chi connectivity index (χ3n) is 3.51. The van der Waals surface area contributed by atoms with Crippen LogP contribution in [0.4, 0.5) is 0 Å². The summed E-state index contributed by atoms with van der Waals surface area (Å²) in [4.78, 5) is 14.7. The van der Waals surface area contributed by atoms with Crippen LogP contribution in [0.25, 0.3) is 11.1 Å². The smallest absolute Gasteiger partial charge is 0.266 e. The van der Waals surface area contributed by atoms with E-state index in [1.54, 1.807) is 26.2 Å². The molecular weight excluding hydrogens is 292 g/mol. The molecule has 1 aromatic heterocycles. The maximum absolute atomic E-state index is 12.0. The summed E-state index contributed by atoms with van der Waals surface area (Å²) >= 11 is 0. The number of methoxy groups -OCH3 is 1. The Labute approximate surface area is 135 Å². The van der Waals surface area contributed by atoms with Crippen molar-refractivity contribution in [3.05, 3.63) is 45.9 Å². The molecular formula is C18H20N2O3. The molecule has 2 rings (SSSR count). The van der Waals surface area contributed by atoms with Crippen molar-refractivity contribution in [2.45, 2.75) is 26.7 Å². The number of rotatable bonds is 6. The molecule has 0 amide bonds. The monoisotopic (exact) mass is 312 g/mol. The largest absolute Gasteiger partial charge is 0.493 e. The average Bonchev–Trinajstić information content (AvgIpc) is 2.54. The van der Waals surface area contributed by atoms with E-state index >= 15 is 0 Å². The molecule has 5 heteroatoms. The van der Waals surface area contributed by atoms with Gasteiger partial charge in [-0.2, -0.15) is 5.26 Å². The maximum atomic E-state index is 12.0. The van der Waals surface area contributed by atoms with Gasteiger partial charge in [-0.1, -0.05) is 25.5 Å².